The van der Waals surface area contributed by atoms with Crippen molar-refractivity contribution in [2.45, 2.75) is 44.8 Å². The van der Waals surface area contributed by atoms with Gasteiger partial charge in [-0.3, -0.25) is 4.79 Å². The minimum Gasteiger partial charge on any atom is -0.352 e. The Labute approximate surface area is 94.2 Å². The van der Waals surface area contributed by atoms with E-state index in [1.165, 1.54) is 4.68 Å². The molecule has 0 saturated heterocycles. The molecule has 0 spiro atoms. The molecule has 3 N–H and O–H groups in total. The second kappa shape index (κ2) is 3.86. The molecule has 1 aromatic rings. The van der Waals surface area contributed by atoms with Gasteiger partial charge in [0.2, 0.25) is 5.91 Å². The van der Waals surface area contributed by atoms with E-state index in [0.29, 0.717) is 11.7 Å². The van der Waals surface area contributed by atoms with Gasteiger partial charge in [-0.1, -0.05) is 5.21 Å². The lowest BCUT2D eigenvalue weighted by molar-refractivity contribution is -0.122. The van der Waals surface area contributed by atoms with Gasteiger partial charge in [-0.25, -0.2) is 4.68 Å². The number of amides is 1. The third kappa shape index (κ3) is 2.79. The molecule has 1 amide bonds. The second-order valence-corrected chi connectivity index (χ2v) is 4.86. The van der Waals surface area contributed by atoms with Crippen LogP contribution in [0.2, 0.25) is 0 Å². The molecule has 0 unspecified atom stereocenters. The lowest BCUT2D eigenvalue weighted by Gasteiger charge is -2.13. The molecule has 1 saturated carbocycles. The zero-order chi connectivity index (χ0) is 11.8. The second-order valence-electron chi connectivity index (χ2n) is 4.86. The molecule has 1 fully saturated rings. The number of aromatic nitrogens is 3. The normalized spacial score (nSPS) is 16.2. The van der Waals surface area contributed by atoms with Crippen molar-refractivity contribution in [1.29, 1.82) is 0 Å². The van der Waals surface area contributed by atoms with Crippen LogP contribution in [0.5, 0.6) is 0 Å². The first kappa shape index (κ1) is 11.1. The van der Waals surface area contributed by atoms with Gasteiger partial charge in [-0.2, -0.15) is 0 Å². The van der Waals surface area contributed by atoms with Gasteiger partial charge >= 0.3 is 0 Å². The van der Waals surface area contributed by atoms with Crippen molar-refractivity contribution in [3.8, 4) is 0 Å². The molecular formula is C10H17N5O. The summed E-state index contributed by atoms with van der Waals surface area (Å²) in [5.74, 6) is -0.0197. The van der Waals surface area contributed by atoms with Crippen molar-refractivity contribution in [2.75, 3.05) is 0 Å². The Balaban J connectivity index is 1.93. The third-order valence-corrected chi connectivity index (χ3v) is 2.45. The summed E-state index contributed by atoms with van der Waals surface area (Å²) in [6.45, 7) is 3.91. The van der Waals surface area contributed by atoms with Crippen molar-refractivity contribution >= 4 is 5.91 Å². The zero-order valence-electron chi connectivity index (χ0n) is 9.60. The van der Waals surface area contributed by atoms with Gasteiger partial charge in [0.1, 0.15) is 12.2 Å². The highest BCUT2D eigenvalue weighted by molar-refractivity contribution is 5.76. The first-order chi connectivity index (χ1) is 7.45. The summed E-state index contributed by atoms with van der Waals surface area (Å²) in [5.41, 5.74) is 6.04. The largest absolute Gasteiger partial charge is 0.352 e. The van der Waals surface area contributed by atoms with Crippen LogP contribution in [0.25, 0.3) is 0 Å². The summed E-state index contributed by atoms with van der Waals surface area (Å²) in [4.78, 5) is 11.5. The molecule has 6 heteroatoms. The molecule has 1 aliphatic carbocycles. The van der Waals surface area contributed by atoms with E-state index in [0.717, 1.165) is 12.8 Å². The van der Waals surface area contributed by atoms with E-state index in [4.69, 9.17) is 5.73 Å². The molecule has 0 aliphatic heterocycles. The van der Waals surface area contributed by atoms with E-state index in [1.807, 2.05) is 13.8 Å². The fourth-order valence-electron chi connectivity index (χ4n) is 1.32. The number of carbonyl (C=O) groups is 1. The zero-order valence-corrected chi connectivity index (χ0v) is 9.60. The van der Waals surface area contributed by atoms with Crippen LogP contribution >= 0.6 is 0 Å². The molecule has 0 aromatic carbocycles. The highest BCUT2D eigenvalue weighted by Crippen LogP contribution is 2.18. The average molecular weight is 223 g/mol. The molecule has 0 radical (unpaired) electrons. The lowest BCUT2D eigenvalue weighted by atomic mass is 10.0. The minimum absolute atomic E-state index is 0.0197. The number of rotatable bonds is 4. The van der Waals surface area contributed by atoms with Gasteiger partial charge < -0.3 is 11.1 Å². The predicted molar refractivity (Wildman–Crippen MR) is 58.4 cm³/mol. The van der Waals surface area contributed by atoms with Crippen molar-refractivity contribution in [3.05, 3.63) is 11.9 Å². The first-order valence-corrected chi connectivity index (χ1v) is 5.44. The summed E-state index contributed by atoms with van der Waals surface area (Å²) < 4.78 is 1.52. The molecule has 6 nitrogen and oxygen atoms in total. The van der Waals surface area contributed by atoms with Crippen molar-refractivity contribution in [3.63, 3.8) is 0 Å². The van der Waals surface area contributed by atoms with Gasteiger partial charge in [0.05, 0.1) is 11.7 Å². The maximum atomic E-state index is 11.5. The highest BCUT2D eigenvalue weighted by atomic mass is 16.2. The average Bonchev–Trinajstić information content (AvgIpc) is 2.80. The monoisotopic (exact) mass is 223 g/mol. The van der Waals surface area contributed by atoms with E-state index >= 15 is 0 Å². The fraction of sp³-hybridized carbons (Fsp3) is 0.700. The van der Waals surface area contributed by atoms with Crippen LogP contribution in [0.4, 0.5) is 0 Å². The molecule has 1 heterocycles. The standard InChI is InChI=1S/C10H17N5O/c1-10(2,11)8-5-15(14-13-8)6-9(16)12-7-3-4-7/h5,7H,3-4,6,11H2,1-2H3,(H,12,16). The van der Waals surface area contributed by atoms with E-state index in [2.05, 4.69) is 15.6 Å². The summed E-state index contributed by atoms with van der Waals surface area (Å²) >= 11 is 0. The predicted octanol–water partition coefficient (Wildman–Crippen LogP) is -0.249. The topological polar surface area (TPSA) is 85.8 Å². The Kier molecular flexibility index (Phi) is 2.67. The number of hydrogen-bond donors (Lipinski definition) is 2. The molecule has 1 aliphatic rings. The van der Waals surface area contributed by atoms with Crippen LogP contribution in [0, 0.1) is 0 Å². The number of carbonyl (C=O) groups excluding carboxylic acids is 1. The van der Waals surface area contributed by atoms with Gasteiger partial charge in [0, 0.05) is 6.04 Å². The smallest absolute Gasteiger partial charge is 0.242 e. The molecule has 2 rings (SSSR count). The molecule has 1 aromatic heterocycles. The van der Waals surface area contributed by atoms with Crippen LogP contribution in [0.15, 0.2) is 6.20 Å². The molecule has 0 atom stereocenters. The van der Waals surface area contributed by atoms with Crippen LogP contribution < -0.4 is 11.1 Å². The maximum absolute atomic E-state index is 11.5. The highest BCUT2D eigenvalue weighted by Gasteiger charge is 2.24. The van der Waals surface area contributed by atoms with Crippen LogP contribution in [0.1, 0.15) is 32.4 Å². The Bertz CT molecular complexity index is 388. The van der Waals surface area contributed by atoms with Crippen LogP contribution in [-0.2, 0) is 16.9 Å². The Morgan fingerprint density at radius 2 is 2.38 bits per heavy atom. The van der Waals surface area contributed by atoms with Crippen molar-refractivity contribution in [2.24, 2.45) is 5.73 Å². The summed E-state index contributed by atoms with van der Waals surface area (Å²) in [6.07, 6.45) is 3.89. The van der Waals surface area contributed by atoms with Crippen molar-refractivity contribution < 1.29 is 4.79 Å². The maximum Gasteiger partial charge on any atom is 0.242 e. The number of nitrogens with two attached hydrogens (primary N) is 1. The number of nitrogens with zero attached hydrogens (tertiary/aromatic N) is 3. The number of nitrogens with one attached hydrogen (secondary N) is 1. The van der Waals surface area contributed by atoms with Gasteiger partial charge in [-0.15, -0.1) is 5.10 Å². The first-order valence-electron chi connectivity index (χ1n) is 5.44. The van der Waals surface area contributed by atoms with Gasteiger partial charge in [-0.05, 0) is 26.7 Å². The van der Waals surface area contributed by atoms with Crippen LogP contribution in [0.3, 0.4) is 0 Å². The Morgan fingerprint density at radius 3 is 2.88 bits per heavy atom. The van der Waals surface area contributed by atoms with E-state index in [1.54, 1.807) is 6.20 Å². The summed E-state index contributed by atoms with van der Waals surface area (Å²) in [6, 6.07) is 0.376. The molecular weight excluding hydrogens is 206 g/mol. The molecule has 16 heavy (non-hydrogen) atoms. The van der Waals surface area contributed by atoms with Crippen molar-refractivity contribution in [1.82, 2.24) is 20.3 Å². The molecule has 0 bridgehead atoms. The quantitative estimate of drug-likeness (QED) is 0.737. The van der Waals surface area contributed by atoms with Gasteiger partial charge in [0.15, 0.2) is 0 Å². The lowest BCUT2D eigenvalue weighted by Crippen LogP contribution is -2.30. The van der Waals surface area contributed by atoms with E-state index < -0.39 is 5.54 Å². The van der Waals surface area contributed by atoms with E-state index in [-0.39, 0.29) is 12.5 Å². The summed E-state index contributed by atoms with van der Waals surface area (Å²) in [5, 5.41) is 10.7. The third-order valence-electron chi connectivity index (χ3n) is 2.45. The Morgan fingerprint density at radius 1 is 1.69 bits per heavy atom. The SMILES string of the molecule is CC(C)(N)c1cn(CC(=O)NC2CC2)nn1. The Hall–Kier alpha value is -1.43. The summed E-state index contributed by atoms with van der Waals surface area (Å²) in [7, 11) is 0. The van der Waals surface area contributed by atoms with E-state index in [9.17, 15) is 4.79 Å². The fourth-order valence-corrected chi connectivity index (χ4v) is 1.32. The minimum atomic E-state index is -0.523. The van der Waals surface area contributed by atoms with Gasteiger partial charge in [0.25, 0.3) is 0 Å². The molecule has 88 valence electrons. The van der Waals surface area contributed by atoms with Crippen LogP contribution in [-0.4, -0.2) is 26.9 Å². The number of hydrogen-bond acceptors (Lipinski definition) is 4.